The van der Waals surface area contributed by atoms with E-state index in [2.05, 4.69) is 25.0 Å². The zero-order valence-corrected chi connectivity index (χ0v) is 13.7. The molecule has 1 N–H and O–H groups in total. The van der Waals surface area contributed by atoms with Gasteiger partial charge in [0.15, 0.2) is 0 Å². The second-order valence-corrected chi connectivity index (χ2v) is 12.1. The van der Waals surface area contributed by atoms with Crippen molar-refractivity contribution in [2.45, 2.75) is 52.2 Å². The molecule has 0 fully saturated rings. The summed E-state index contributed by atoms with van der Waals surface area (Å²) in [5, 5.41) is 4.42. The topological polar surface area (TPSA) is 29.1 Å². The Bertz CT molecular complexity index is 459. The number of fused-ring (bicyclic) bond motifs is 1. The van der Waals surface area contributed by atoms with Crippen molar-refractivity contribution in [2.75, 3.05) is 6.54 Å². The Hall–Kier alpha value is -0.613. The molecular weight excluding hydrogens is 258 g/mol. The lowest BCUT2D eigenvalue weighted by atomic mass is 9.99. The summed E-state index contributed by atoms with van der Waals surface area (Å²) in [7, 11) is -1.45. The quantitative estimate of drug-likeness (QED) is 0.848. The molecule has 100 valence electrons. The molecule has 0 saturated carbocycles. The van der Waals surface area contributed by atoms with Crippen molar-refractivity contribution in [3.05, 3.63) is 15.3 Å². The molecule has 1 aromatic heterocycles. The van der Waals surface area contributed by atoms with Gasteiger partial charge in [-0.2, -0.15) is 0 Å². The van der Waals surface area contributed by atoms with E-state index in [4.69, 9.17) is 0 Å². The highest BCUT2D eigenvalue weighted by molar-refractivity contribution is 7.17. The molecule has 0 unspecified atom stereocenters. The van der Waals surface area contributed by atoms with Crippen molar-refractivity contribution in [3.8, 4) is 0 Å². The largest absolute Gasteiger partial charge is 0.352 e. The Morgan fingerprint density at radius 2 is 1.94 bits per heavy atom. The number of thiophene rings is 1. The zero-order valence-electron chi connectivity index (χ0n) is 11.9. The third-order valence-electron chi connectivity index (χ3n) is 3.46. The fraction of sp³-hybridized carbons (Fsp3) is 0.643. The lowest BCUT2D eigenvalue weighted by Crippen LogP contribution is -2.44. The minimum atomic E-state index is -1.45. The van der Waals surface area contributed by atoms with Crippen molar-refractivity contribution in [2.24, 2.45) is 0 Å². The van der Waals surface area contributed by atoms with Crippen LogP contribution in [0.25, 0.3) is 0 Å². The van der Waals surface area contributed by atoms with Crippen molar-refractivity contribution < 1.29 is 4.79 Å². The second kappa shape index (κ2) is 5.17. The monoisotopic (exact) mass is 281 g/mol. The van der Waals surface area contributed by atoms with E-state index in [1.807, 2.05) is 6.92 Å². The van der Waals surface area contributed by atoms with E-state index in [1.54, 1.807) is 11.3 Å². The van der Waals surface area contributed by atoms with E-state index in [9.17, 15) is 4.79 Å². The summed E-state index contributed by atoms with van der Waals surface area (Å²) in [6.45, 7) is 9.76. The fourth-order valence-electron chi connectivity index (χ4n) is 2.76. The smallest absolute Gasteiger partial charge is 0.261 e. The van der Waals surface area contributed by atoms with Gasteiger partial charge in [-0.1, -0.05) is 19.6 Å². The molecule has 1 aliphatic rings. The summed E-state index contributed by atoms with van der Waals surface area (Å²) < 4.78 is 0. The molecule has 0 aliphatic heterocycles. The highest BCUT2D eigenvalue weighted by atomic mass is 32.1. The van der Waals surface area contributed by atoms with Gasteiger partial charge in [-0.15, -0.1) is 11.3 Å². The molecule has 1 heterocycles. The summed E-state index contributed by atoms with van der Waals surface area (Å²) in [4.78, 5) is 14.8. The second-order valence-electron chi connectivity index (χ2n) is 6.02. The van der Waals surface area contributed by atoms with Gasteiger partial charge in [-0.05, 0) is 43.4 Å². The molecular formula is C14H23NOSSi. The van der Waals surface area contributed by atoms with Crippen LogP contribution in [0.3, 0.4) is 0 Å². The minimum absolute atomic E-state index is 0.148. The third-order valence-corrected chi connectivity index (χ3v) is 6.99. The molecule has 0 spiro atoms. The van der Waals surface area contributed by atoms with Crippen LogP contribution in [0.15, 0.2) is 0 Å². The summed E-state index contributed by atoms with van der Waals surface area (Å²) >= 11 is 1.76. The van der Waals surface area contributed by atoms with E-state index in [0.29, 0.717) is 6.54 Å². The van der Waals surface area contributed by atoms with Crippen LogP contribution in [-0.2, 0) is 12.8 Å². The Balaban J connectivity index is 2.51. The first-order valence-corrected chi connectivity index (χ1v) is 11.2. The van der Waals surface area contributed by atoms with E-state index in [0.717, 1.165) is 4.88 Å². The number of aryl methyl sites for hydroxylation is 1. The predicted octanol–water partition coefficient (Wildman–Crippen LogP) is 2.92. The van der Waals surface area contributed by atoms with E-state index < -0.39 is 8.07 Å². The van der Waals surface area contributed by atoms with Crippen LogP contribution in [0.5, 0.6) is 0 Å². The molecule has 2 nitrogen and oxygen atoms in total. The van der Waals surface area contributed by atoms with Crippen LogP contribution >= 0.6 is 11.3 Å². The number of rotatable bonds is 3. The van der Waals surface area contributed by atoms with Crippen LogP contribution in [-0.4, -0.2) is 20.5 Å². The molecule has 1 aromatic rings. The Morgan fingerprint density at radius 1 is 1.28 bits per heavy atom. The van der Waals surface area contributed by atoms with E-state index in [1.165, 1.54) is 41.3 Å². The number of nitrogens with one attached hydrogen (secondary N) is 1. The maximum absolute atomic E-state index is 12.3. The van der Waals surface area contributed by atoms with Gasteiger partial charge in [0.1, 0.15) is 0 Å². The van der Waals surface area contributed by atoms with Gasteiger partial charge >= 0.3 is 0 Å². The SMILES string of the molecule is CCNC(=O)c1sc2c(c1[Si](C)(C)C)CCCC2. The molecule has 0 aromatic carbocycles. The van der Waals surface area contributed by atoms with Gasteiger partial charge in [0.2, 0.25) is 0 Å². The molecule has 0 radical (unpaired) electrons. The summed E-state index contributed by atoms with van der Waals surface area (Å²) in [6, 6.07) is 0. The molecule has 0 saturated heterocycles. The van der Waals surface area contributed by atoms with E-state index >= 15 is 0 Å². The van der Waals surface area contributed by atoms with Crippen molar-refractivity contribution >= 4 is 30.5 Å². The highest BCUT2D eigenvalue weighted by Crippen LogP contribution is 2.30. The van der Waals surface area contributed by atoms with Crippen LogP contribution in [0.1, 0.15) is 39.9 Å². The summed E-state index contributed by atoms with van der Waals surface area (Å²) in [6.07, 6.45) is 4.94. The van der Waals surface area contributed by atoms with Crippen LogP contribution in [0.2, 0.25) is 19.6 Å². The average molecular weight is 281 g/mol. The molecule has 1 aliphatic carbocycles. The van der Waals surface area contributed by atoms with Crippen molar-refractivity contribution in [1.29, 1.82) is 0 Å². The highest BCUT2D eigenvalue weighted by Gasteiger charge is 2.31. The van der Waals surface area contributed by atoms with Gasteiger partial charge in [0, 0.05) is 11.4 Å². The van der Waals surface area contributed by atoms with Gasteiger partial charge < -0.3 is 5.32 Å². The number of hydrogen-bond acceptors (Lipinski definition) is 2. The first-order valence-electron chi connectivity index (χ1n) is 6.88. The molecule has 1 amide bonds. The van der Waals surface area contributed by atoms with Crippen LogP contribution < -0.4 is 10.5 Å². The van der Waals surface area contributed by atoms with Crippen molar-refractivity contribution in [1.82, 2.24) is 5.32 Å². The van der Waals surface area contributed by atoms with E-state index in [-0.39, 0.29) is 5.91 Å². The molecule has 0 atom stereocenters. The number of carbonyl (C=O) groups is 1. The van der Waals surface area contributed by atoms with Gasteiger partial charge in [-0.25, -0.2) is 0 Å². The Morgan fingerprint density at radius 3 is 2.56 bits per heavy atom. The lowest BCUT2D eigenvalue weighted by molar-refractivity contribution is 0.0960. The third kappa shape index (κ3) is 2.54. The lowest BCUT2D eigenvalue weighted by Gasteiger charge is -2.22. The molecule has 2 rings (SSSR count). The first-order chi connectivity index (χ1) is 8.45. The zero-order chi connectivity index (χ0) is 13.3. The first kappa shape index (κ1) is 13.8. The number of carbonyl (C=O) groups excluding carboxylic acids is 1. The molecule has 4 heteroatoms. The molecule has 0 bridgehead atoms. The maximum atomic E-state index is 12.3. The Kier molecular flexibility index (Phi) is 3.97. The summed E-state index contributed by atoms with van der Waals surface area (Å²) in [5.74, 6) is 0.148. The standard InChI is InChI=1S/C14H23NOSSi/c1-5-15-14(16)12-13(18(2,3)4)10-8-6-7-9-11(10)17-12/h5-9H2,1-4H3,(H,15,16). The number of amides is 1. The van der Waals surface area contributed by atoms with Gasteiger partial charge in [0.05, 0.1) is 13.0 Å². The minimum Gasteiger partial charge on any atom is -0.352 e. The normalized spacial score (nSPS) is 15.3. The fourth-order valence-corrected chi connectivity index (χ4v) is 7.11. The average Bonchev–Trinajstić information content (AvgIpc) is 2.68. The van der Waals surface area contributed by atoms with Crippen LogP contribution in [0.4, 0.5) is 0 Å². The summed E-state index contributed by atoms with van der Waals surface area (Å²) in [5.41, 5.74) is 1.53. The molecule has 18 heavy (non-hydrogen) atoms. The number of hydrogen-bond donors (Lipinski definition) is 1. The van der Waals surface area contributed by atoms with Crippen LogP contribution in [0, 0.1) is 0 Å². The van der Waals surface area contributed by atoms with Crippen molar-refractivity contribution in [3.63, 3.8) is 0 Å². The van der Waals surface area contributed by atoms with Gasteiger partial charge in [0.25, 0.3) is 5.91 Å². The predicted molar refractivity (Wildman–Crippen MR) is 81.9 cm³/mol. The maximum Gasteiger partial charge on any atom is 0.261 e. The van der Waals surface area contributed by atoms with Gasteiger partial charge in [-0.3, -0.25) is 4.79 Å². The Labute approximate surface area is 115 Å².